The van der Waals surface area contributed by atoms with E-state index in [-0.39, 0.29) is 0 Å². The van der Waals surface area contributed by atoms with Crippen LogP contribution in [0.1, 0.15) is 18.9 Å². The summed E-state index contributed by atoms with van der Waals surface area (Å²) in [6.45, 7) is 2.20. The third-order valence-corrected chi connectivity index (χ3v) is 6.14. The number of likely N-dealkylation sites (tertiary alicyclic amines) is 1. The van der Waals surface area contributed by atoms with Crippen molar-refractivity contribution in [3.05, 3.63) is 48.9 Å². The lowest BCUT2D eigenvalue weighted by atomic mass is 10.1. The Morgan fingerprint density at radius 2 is 1.88 bits per heavy atom. The van der Waals surface area contributed by atoms with E-state index in [1.807, 2.05) is 55.2 Å². The fourth-order valence-electron chi connectivity index (χ4n) is 4.00. The Morgan fingerprint density at radius 3 is 2.69 bits per heavy atom. The number of aromatic amines is 1. The topological polar surface area (TPSA) is 98.7 Å². The maximum absolute atomic E-state index is 4.75. The smallest absolute Gasteiger partial charge is 0.229 e. The first-order chi connectivity index (χ1) is 15.7. The third kappa shape index (κ3) is 4.37. The molecule has 1 aromatic carbocycles. The molecule has 32 heavy (non-hydrogen) atoms. The molecule has 1 aliphatic rings. The molecule has 0 radical (unpaired) electrons. The molecule has 1 fully saturated rings. The minimum absolute atomic E-state index is 0.437. The number of benzene rings is 1. The molecule has 0 aliphatic carbocycles. The molecule has 0 unspecified atom stereocenters. The van der Waals surface area contributed by atoms with E-state index in [1.165, 1.54) is 0 Å². The summed E-state index contributed by atoms with van der Waals surface area (Å²) in [5, 5.41) is 11.4. The number of H-pyrrole nitrogens is 1. The highest BCUT2D eigenvalue weighted by molar-refractivity contribution is 7.99. The summed E-state index contributed by atoms with van der Waals surface area (Å²) in [6, 6.07) is 10.4. The van der Waals surface area contributed by atoms with E-state index in [9.17, 15) is 0 Å². The molecule has 166 valence electrons. The van der Waals surface area contributed by atoms with E-state index in [2.05, 4.69) is 47.1 Å². The van der Waals surface area contributed by atoms with Crippen molar-refractivity contribution in [2.75, 3.05) is 41.7 Å². The Bertz CT molecular complexity index is 1190. The average Bonchev–Trinajstić information content (AvgIpc) is 3.46. The van der Waals surface area contributed by atoms with Gasteiger partial charge in [0.05, 0.1) is 34.8 Å². The van der Waals surface area contributed by atoms with Crippen molar-refractivity contribution < 1.29 is 0 Å². The third-order valence-electron chi connectivity index (χ3n) is 5.72. The van der Waals surface area contributed by atoms with Crippen LogP contribution in [-0.2, 0) is 0 Å². The van der Waals surface area contributed by atoms with Gasteiger partial charge in [0.15, 0.2) is 5.82 Å². The summed E-state index contributed by atoms with van der Waals surface area (Å²) in [6.07, 6.45) is 9.98. The summed E-state index contributed by atoms with van der Waals surface area (Å²) in [7, 11) is 2.17. The SMILES string of the molecule is CSNc1ccccc1Nc1nc(Nc2cnn(C3CCN(C)CC3)c2)nc2cc[nH]c12. The summed E-state index contributed by atoms with van der Waals surface area (Å²) < 4.78 is 5.36. The lowest BCUT2D eigenvalue weighted by molar-refractivity contribution is 0.212. The average molecular weight is 450 g/mol. The largest absolute Gasteiger partial charge is 0.357 e. The number of nitrogens with one attached hydrogen (secondary N) is 4. The van der Waals surface area contributed by atoms with Crippen LogP contribution in [0.25, 0.3) is 11.0 Å². The molecule has 0 amide bonds. The number of nitrogens with zero attached hydrogens (tertiary/aromatic N) is 5. The van der Waals surface area contributed by atoms with Gasteiger partial charge < -0.3 is 25.2 Å². The Labute approximate surface area is 191 Å². The fourth-order valence-corrected chi connectivity index (χ4v) is 4.40. The summed E-state index contributed by atoms with van der Waals surface area (Å²) in [5.41, 5.74) is 4.51. The van der Waals surface area contributed by atoms with Gasteiger partial charge in [-0.25, -0.2) is 4.98 Å². The van der Waals surface area contributed by atoms with E-state index < -0.39 is 0 Å². The summed E-state index contributed by atoms with van der Waals surface area (Å²) in [4.78, 5) is 15.0. The normalized spacial score (nSPS) is 15.2. The van der Waals surface area contributed by atoms with Crippen LogP contribution in [0.5, 0.6) is 0 Å². The summed E-state index contributed by atoms with van der Waals surface area (Å²) >= 11 is 1.55. The van der Waals surface area contributed by atoms with E-state index in [1.54, 1.807) is 11.9 Å². The Balaban J connectivity index is 1.39. The van der Waals surface area contributed by atoms with Gasteiger partial charge in [-0.05, 0) is 51.2 Å². The molecule has 4 N–H and O–H groups in total. The molecule has 5 rings (SSSR count). The van der Waals surface area contributed by atoms with Crippen molar-refractivity contribution >= 4 is 51.8 Å². The molecular formula is C22H27N9S. The number of rotatable bonds is 7. The molecule has 0 spiro atoms. The predicted octanol–water partition coefficient (Wildman–Crippen LogP) is 4.60. The van der Waals surface area contributed by atoms with Crippen LogP contribution in [0.2, 0.25) is 0 Å². The van der Waals surface area contributed by atoms with Gasteiger partial charge >= 0.3 is 0 Å². The first kappa shape index (κ1) is 20.7. The molecular weight excluding hydrogens is 422 g/mol. The van der Waals surface area contributed by atoms with Gasteiger partial charge in [-0.3, -0.25) is 4.68 Å². The van der Waals surface area contributed by atoms with Gasteiger partial charge in [-0.15, -0.1) is 0 Å². The molecule has 0 bridgehead atoms. The Kier molecular flexibility index (Phi) is 5.87. The van der Waals surface area contributed by atoms with Gasteiger partial charge in [0, 0.05) is 18.6 Å². The van der Waals surface area contributed by atoms with E-state index in [0.29, 0.717) is 17.8 Å². The first-order valence-electron chi connectivity index (χ1n) is 10.7. The number of hydrogen-bond donors (Lipinski definition) is 4. The second kappa shape index (κ2) is 9.09. The number of para-hydroxylation sites is 2. The Morgan fingerprint density at radius 1 is 1.06 bits per heavy atom. The quantitative estimate of drug-likeness (QED) is 0.304. The van der Waals surface area contributed by atoms with Gasteiger partial charge in [0.1, 0.15) is 5.52 Å². The van der Waals surface area contributed by atoms with Crippen LogP contribution in [0.3, 0.4) is 0 Å². The minimum Gasteiger partial charge on any atom is -0.357 e. The first-order valence-corrected chi connectivity index (χ1v) is 11.9. The van der Waals surface area contributed by atoms with Gasteiger partial charge in [0.2, 0.25) is 5.95 Å². The van der Waals surface area contributed by atoms with Crippen molar-refractivity contribution in [2.24, 2.45) is 0 Å². The number of fused-ring (bicyclic) bond motifs is 1. The maximum Gasteiger partial charge on any atom is 0.229 e. The highest BCUT2D eigenvalue weighted by Crippen LogP contribution is 2.30. The van der Waals surface area contributed by atoms with Crippen molar-refractivity contribution in [3.8, 4) is 0 Å². The molecule has 1 saturated heterocycles. The van der Waals surface area contributed by atoms with Crippen molar-refractivity contribution in [1.82, 2.24) is 29.6 Å². The van der Waals surface area contributed by atoms with Crippen molar-refractivity contribution in [2.45, 2.75) is 18.9 Å². The monoisotopic (exact) mass is 449 g/mol. The zero-order chi connectivity index (χ0) is 21.9. The molecule has 1 aliphatic heterocycles. The highest BCUT2D eigenvalue weighted by Gasteiger charge is 2.19. The van der Waals surface area contributed by atoms with Gasteiger partial charge in [-0.1, -0.05) is 24.1 Å². The zero-order valence-corrected chi connectivity index (χ0v) is 19.0. The molecule has 0 atom stereocenters. The van der Waals surface area contributed by atoms with Crippen LogP contribution >= 0.6 is 11.9 Å². The zero-order valence-electron chi connectivity index (χ0n) is 18.2. The van der Waals surface area contributed by atoms with Crippen molar-refractivity contribution in [3.63, 3.8) is 0 Å². The van der Waals surface area contributed by atoms with Crippen LogP contribution in [0.15, 0.2) is 48.9 Å². The van der Waals surface area contributed by atoms with Crippen LogP contribution in [0.4, 0.5) is 28.8 Å². The van der Waals surface area contributed by atoms with Crippen LogP contribution in [-0.4, -0.2) is 56.0 Å². The van der Waals surface area contributed by atoms with Crippen LogP contribution < -0.4 is 15.4 Å². The standard InChI is InChI=1S/C22H27N9S/c1-30-11-8-16(9-12-30)31-14-15(13-24-31)25-22-27-19-7-10-23-20(19)21(28-22)26-17-5-3-4-6-18(17)29-32-2/h3-7,10,13-14,16,23,29H,8-9,11-12H2,1-2H3,(H2,25,26,27,28). The molecule has 9 nitrogen and oxygen atoms in total. The minimum atomic E-state index is 0.437. The Hall–Kier alpha value is -3.24. The van der Waals surface area contributed by atoms with E-state index >= 15 is 0 Å². The van der Waals surface area contributed by atoms with E-state index in [4.69, 9.17) is 4.98 Å². The number of piperidine rings is 1. The predicted molar refractivity (Wildman–Crippen MR) is 132 cm³/mol. The summed E-state index contributed by atoms with van der Waals surface area (Å²) in [5.74, 6) is 1.23. The maximum atomic E-state index is 4.75. The number of anilines is 5. The molecule has 0 saturated carbocycles. The second-order valence-electron chi connectivity index (χ2n) is 7.98. The molecule has 4 heterocycles. The number of hydrogen-bond acceptors (Lipinski definition) is 8. The lowest BCUT2D eigenvalue weighted by Gasteiger charge is -2.28. The van der Waals surface area contributed by atoms with Gasteiger partial charge in [0.25, 0.3) is 0 Å². The van der Waals surface area contributed by atoms with E-state index in [0.717, 1.165) is 54.0 Å². The van der Waals surface area contributed by atoms with Gasteiger partial charge in [-0.2, -0.15) is 10.1 Å². The lowest BCUT2D eigenvalue weighted by Crippen LogP contribution is -2.31. The highest BCUT2D eigenvalue weighted by atomic mass is 32.2. The van der Waals surface area contributed by atoms with Crippen molar-refractivity contribution in [1.29, 1.82) is 0 Å². The second-order valence-corrected chi connectivity index (χ2v) is 8.59. The molecule has 10 heteroatoms. The molecule has 3 aromatic heterocycles. The number of aromatic nitrogens is 5. The molecule has 4 aromatic rings. The fraction of sp³-hybridized carbons (Fsp3) is 0.318. The van der Waals surface area contributed by atoms with Crippen LogP contribution in [0, 0.1) is 0 Å².